The van der Waals surface area contributed by atoms with Crippen LogP contribution in [0.25, 0.3) is 0 Å². The molecule has 0 aromatic heterocycles. The Labute approximate surface area is 109 Å². The van der Waals surface area contributed by atoms with Gasteiger partial charge >= 0.3 is 0 Å². The molecule has 0 unspecified atom stereocenters. The van der Waals surface area contributed by atoms with Crippen LogP contribution >= 0.6 is 0 Å². The minimum Gasteiger partial charge on any atom is -0.398 e. The largest absolute Gasteiger partial charge is 0.398 e. The Hall–Kier alpha value is -1.07. The molecule has 1 fully saturated rings. The van der Waals surface area contributed by atoms with Crippen molar-refractivity contribution in [3.8, 4) is 0 Å². The lowest BCUT2D eigenvalue weighted by molar-refractivity contribution is 0.248. The van der Waals surface area contributed by atoms with Gasteiger partial charge in [-0.05, 0) is 63.3 Å². The van der Waals surface area contributed by atoms with E-state index in [1.165, 1.54) is 0 Å². The Morgan fingerprint density at radius 2 is 1.89 bits per heavy atom. The molecular formula is C13H20N2O2S. The lowest BCUT2D eigenvalue weighted by Gasteiger charge is -2.38. The van der Waals surface area contributed by atoms with Crippen molar-refractivity contribution in [1.29, 1.82) is 0 Å². The fourth-order valence-electron chi connectivity index (χ4n) is 2.32. The second-order valence-electron chi connectivity index (χ2n) is 5.50. The molecule has 0 heterocycles. The van der Waals surface area contributed by atoms with Crippen LogP contribution in [-0.2, 0) is 10.0 Å². The molecule has 1 aromatic carbocycles. The van der Waals surface area contributed by atoms with Gasteiger partial charge in [0.25, 0.3) is 0 Å². The molecule has 0 atom stereocenters. The smallest absolute Gasteiger partial charge is 0.241 e. The number of rotatable bonds is 3. The fraction of sp³-hybridized carbons (Fsp3) is 0.538. The minimum absolute atomic E-state index is 0.288. The maximum Gasteiger partial charge on any atom is 0.241 e. The molecule has 0 bridgehead atoms. The summed E-state index contributed by atoms with van der Waals surface area (Å²) >= 11 is 0. The van der Waals surface area contributed by atoms with Crippen LogP contribution in [0.15, 0.2) is 17.0 Å². The number of nitrogen functional groups attached to an aromatic ring is 1. The summed E-state index contributed by atoms with van der Waals surface area (Å²) in [7, 11) is -3.48. The number of hydrogen-bond acceptors (Lipinski definition) is 3. The SMILES string of the molecule is Cc1cc(N)c(C)c(S(=O)(=O)NC2(C)CCC2)c1. The molecule has 0 radical (unpaired) electrons. The van der Waals surface area contributed by atoms with Gasteiger partial charge in [0.05, 0.1) is 4.90 Å². The van der Waals surface area contributed by atoms with E-state index in [1.54, 1.807) is 19.1 Å². The first-order valence-corrected chi connectivity index (χ1v) is 7.63. The number of aryl methyl sites for hydroxylation is 1. The molecule has 1 saturated carbocycles. The summed E-state index contributed by atoms with van der Waals surface area (Å²) in [6, 6.07) is 3.47. The molecule has 1 aliphatic rings. The average molecular weight is 268 g/mol. The van der Waals surface area contributed by atoms with Crippen LogP contribution in [0.5, 0.6) is 0 Å². The summed E-state index contributed by atoms with van der Waals surface area (Å²) in [5.74, 6) is 0. The average Bonchev–Trinajstić information content (AvgIpc) is 2.20. The van der Waals surface area contributed by atoms with Gasteiger partial charge in [-0.3, -0.25) is 0 Å². The zero-order valence-electron chi connectivity index (χ0n) is 11.1. The van der Waals surface area contributed by atoms with Crippen molar-refractivity contribution in [3.63, 3.8) is 0 Å². The molecule has 0 amide bonds. The molecule has 1 aliphatic carbocycles. The van der Waals surface area contributed by atoms with Crippen LogP contribution in [0, 0.1) is 13.8 Å². The predicted octanol–water partition coefficient (Wildman–Crippen LogP) is 2.11. The summed E-state index contributed by atoms with van der Waals surface area (Å²) < 4.78 is 27.6. The molecule has 0 aliphatic heterocycles. The van der Waals surface area contributed by atoms with E-state index < -0.39 is 10.0 Å². The molecule has 0 spiro atoms. The molecule has 2 rings (SSSR count). The van der Waals surface area contributed by atoms with Crippen molar-refractivity contribution < 1.29 is 8.42 Å². The van der Waals surface area contributed by atoms with Gasteiger partial charge in [-0.15, -0.1) is 0 Å². The summed E-state index contributed by atoms with van der Waals surface area (Å²) in [6.45, 7) is 5.54. The van der Waals surface area contributed by atoms with E-state index in [4.69, 9.17) is 5.73 Å². The maximum atomic E-state index is 12.4. The van der Waals surface area contributed by atoms with E-state index in [9.17, 15) is 8.42 Å². The molecule has 18 heavy (non-hydrogen) atoms. The van der Waals surface area contributed by atoms with Gasteiger partial charge in [0.2, 0.25) is 10.0 Å². The summed E-state index contributed by atoms with van der Waals surface area (Å²) in [6.07, 6.45) is 2.87. The van der Waals surface area contributed by atoms with Crippen LogP contribution in [0.2, 0.25) is 0 Å². The Morgan fingerprint density at radius 1 is 1.28 bits per heavy atom. The van der Waals surface area contributed by atoms with Crippen molar-refractivity contribution in [3.05, 3.63) is 23.3 Å². The monoisotopic (exact) mass is 268 g/mol. The molecule has 5 heteroatoms. The zero-order valence-corrected chi connectivity index (χ0v) is 11.9. The van der Waals surface area contributed by atoms with E-state index in [2.05, 4.69) is 4.72 Å². The summed E-state index contributed by atoms with van der Waals surface area (Å²) in [4.78, 5) is 0.299. The number of nitrogens with one attached hydrogen (secondary N) is 1. The van der Waals surface area contributed by atoms with Gasteiger partial charge in [-0.1, -0.05) is 0 Å². The third-order valence-corrected chi connectivity index (χ3v) is 5.44. The van der Waals surface area contributed by atoms with Crippen LogP contribution in [0.4, 0.5) is 5.69 Å². The third-order valence-electron chi connectivity index (χ3n) is 3.67. The van der Waals surface area contributed by atoms with E-state index in [-0.39, 0.29) is 5.54 Å². The van der Waals surface area contributed by atoms with Gasteiger partial charge in [-0.2, -0.15) is 0 Å². The summed E-state index contributed by atoms with van der Waals surface area (Å²) in [5.41, 5.74) is 7.55. The van der Waals surface area contributed by atoms with Gasteiger partial charge in [0.1, 0.15) is 0 Å². The normalized spacial score (nSPS) is 18.4. The number of anilines is 1. The Balaban J connectivity index is 2.41. The van der Waals surface area contributed by atoms with Crippen molar-refractivity contribution in [1.82, 2.24) is 4.72 Å². The van der Waals surface area contributed by atoms with Crippen LogP contribution in [0.1, 0.15) is 37.3 Å². The Bertz CT molecular complexity index is 575. The number of nitrogens with two attached hydrogens (primary N) is 1. The Kier molecular flexibility index (Phi) is 3.15. The molecule has 1 aromatic rings. The highest BCUT2D eigenvalue weighted by Crippen LogP contribution is 2.33. The van der Waals surface area contributed by atoms with Crippen molar-refractivity contribution in [2.24, 2.45) is 0 Å². The third kappa shape index (κ3) is 2.37. The van der Waals surface area contributed by atoms with Gasteiger partial charge in [-0.25, -0.2) is 13.1 Å². The Morgan fingerprint density at radius 3 is 2.39 bits per heavy atom. The van der Waals surface area contributed by atoms with Gasteiger partial charge in [0, 0.05) is 11.2 Å². The van der Waals surface area contributed by atoms with E-state index in [0.717, 1.165) is 24.8 Å². The molecule has 100 valence electrons. The number of benzene rings is 1. The van der Waals surface area contributed by atoms with E-state index in [1.807, 2.05) is 13.8 Å². The number of hydrogen-bond donors (Lipinski definition) is 2. The first-order chi connectivity index (χ1) is 8.23. The highest BCUT2D eigenvalue weighted by Gasteiger charge is 2.36. The molecule has 3 N–H and O–H groups in total. The first-order valence-electron chi connectivity index (χ1n) is 6.14. The summed E-state index contributed by atoms with van der Waals surface area (Å²) in [5, 5.41) is 0. The quantitative estimate of drug-likeness (QED) is 0.825. The maximum absolute atomic E-state index is 12.4. The highest BCUT2D eigenvalue weighted by molar-refractivity contribution is 7.89. The highest BCUT2D eigenvalue weighted by atomic mass is 32.2. The standard InChI is InChI=1S/C13H20N2O2S/c1-9-7-11(14)10(2)12(8-9)18(16,17)15-13(3)5-4-6-13/h7-8,15H,4-6,14H2,1-3H3. The first kappa shape index (κ1) is 13.4. The molecular weight excluding hydrogens is 248 g/mol. The molecule has 4 nitrogen and oxygen atoms in total. The van der Waals surface area contributed by atoms with Crippen LogP contribution in [-0.4, -0.2) is 14.0 Å². The molecule has 0 saturated heterocycles. The van der Waals surface area contributed by atoms with E-state index >= 15 is 0 Å². The van der Waals surface area contributed by atoms with Crippen molar-refractivity contribution in [2.45, 2.75) is 50.5 Å². The van der Waals surface area contributed by atoms with Gasteiger partial charge < -0.3 is 5.73 Å². The van der Waals surface area contributed by atoms with Crippen molar-refractivity contribution >= 4 is 15.7 Å². The second-order valence-corrected chi connectivity index (χ2v) is 7.15. The van der Waals surface area contributed by atoms with Crippen LogP contribution in [0.3, 0.4) is 0 Å². The lowest BCUT2D eigenvalue weighted by Crippen LogP contribution is -2.50. The minimum atomic E-state index is -3.48. The fourth-order valence-corrected chi connectivity index (χ4v) is 4.14. The zero-order chi connectivity index (χ0) is 13.6. The predicted molar refractivity (Wildman–Crippen MR) is 72.9 cm³/mol. The number of sulfonamides is 1. The topological polar surface area (TPSA) is 72.2 Å². The second kappa shape index (κ2) is 4.24. The lowest BCUT2D eigenvalue weighted by atomic mass is 9.80. The van der Waals surface area contributed by atoms with Crippen molar-refractivity contribution in [2.75, 3.05) is 5.73 Å². The van der Waals surface area contributed by atoms with Crippen LogP contribution < -0.4 is 10.5 Å². The van der Waals surface area contributed by atoms with Gasteiger partial charge in [0.15, 0.2) is 0 Å². The van der Waals surface area contributed by atoms with E-state index in [0.29, 0.717) is 16.1 Å².